The molecule has 0 amide bonds. The van der Waals surface area contributed by atoms with Crippen LogP contribution >= 0.6 is 24.0 Å². The van der Waals surface area contributed by atoms with E-state index in [0.717, 1.165) is 43.7 Å². The van der Waals surface area contributed by atoms with Gasteiger partial charge in [-0.1, -0.05) is 31.2 Å². The maximum absolute atomic E-state index is 5.37. The number of hydrogen-bond acceptors (Lipinski definition) is 3. The number of halogens is 1. The van der Waals surface area contributed by atoms with E-state index in [1.807, 2.05) is 19.2 Å². The number of likely N-dealkylation sites (tertiary alicyclic amines) is 1. The van der Waals surface area contributed by atoms with Crippen LogP contribution in [0.5, 0.6) is 0 Å². The number of nitrogens with one attached hydrogen (secondary N) is 2. The first-order chi connectivity index (χ1) is 13.2. The van der Waals surface area contributed by atoms with Crippen LogP contribution in [0.15, 0.2) is 52.1 Å². The Bertz CT molecular complexity index is 709. The fraction of sp³-hybridized carbons (Fsp3) is 0.500. The molecule has 1 aliphatic rings. The number of rotatable bonds is 7. The van der Waals surface area contributed by atoms with Crippen LogP contribution in [0, 0.1) is 5.92 Å². The lowest BCUT2D eigenvalue weighted by molar-refractivity contribution is 0.185. The van der Waals surface area contributed by atoms with Crippen molar-refractivity contribution in [1.82, 2.24) is 15.5 Å². The van der Waals surface area contributed by atoms with Crippen molar-refractivity contribution in [2.75, 3.05) is 26.7 Å². The van der Waals surface area contributed by atoms with Crippen molar-refractivity contribution < 1.29 is 4.42 Å². The molecule has 6 heteroatoms. The normalized spacial score (nSPS) is 15.9. The smallest absolute Gasteiger partial charge is 0.191 e. The van der Waals surface area contributed by atoms with Gasteiger partial charge in [-0.25, -0.2) is 0 Å². The molecule has 154 valence electrons. The molecule has 1 aromatic heterocycles. The highest BCUT2D eigenvalue weighted by Crippen LogP contribution is 2.19. The van der Waals surface area contributed by atoms with Gasteiger partial charge in [0, 0.05) is 33.1 Å². The molecule has 0 bridgehead atoms. The minimum atomic E-state index is 0. The largest absolute Gasteiger partial charge is 0.469 e. The molecule has 0 unspecified atom stereocenters. The molecular weight excluding hydrogens is 463 g/mol. The summed E-state index contributed by atoms with van der Waals surface area (Å²) < 4.78 is 5.37. The summed E-state index contributed by atoms with van der Waals surface area (Å²) in [5.74, 6) is 2.68. The first-order valence-corrected chi connectivity index (χ1v) is 10.0. The van der Waals surface area contributed by atoms with Crippen LogP contribution in [0.1, 0.15) is 36.7 Å². The highest BCUT2D eigenvalue weighted by atomic mass is 127. The Balaban J connectivity index is 0.00000280. The Hall–Kier alpha value is -1.54. The minimum Gasteiger partial charge on any atom is -0.469 e. The molecule has 0 aliphatic carbocycles. The number of piperidine rings is 1. The van der Waals surface area contributed by atoms with Gasteiger partial charge in [-0.15, -0.1) is 24.0 Å². The fourth-order valence-corrected chi connectivity index (χ4v) is 3.50. The molecule has 3 rings (SSSR count). The van der Waals surface area contributed by atoms with E-state index in [2.05, 4.69) is 51.7 Å². The minimum absolute atomic E-state index is 0. The van der Waals surface area contributed by atoms with Crippen molar-refractivity contribution in [3.05, 3.63) is 59.5 Å². The zero-order valence-electron chi connectivity index (χ0n) is 17.0. The maximum atomic E-state index is 5.37. The van der Waals surface area contributed by atoms with Crippen molar-refractivity contribution in [3.8, 4) is 0 Å². The Morgan fingerprint density at radius 1 is 1.11 bits per heavy atom. The summed E-state index contributed by atoms with van der Waals surface area (Å²) in [6, 6.07) is 12.6. The van der Waals surface area contributed by atoms with E-state index in [-0.39, 0.29) is 24.0 Å². The van der Waals surface area contributed by atoms with Crippen LogP contribution in [0.3, 0.4) is 0 Å². The standard InChI is InChI=1S/C22H32N4O.HI/c1-18-10-13-26(14-11-18)17-20-7-4-3-6-19(20)16-25-22(23-2)24-12-9-21-8-5-15-27-21;/h3-8,15,18H,9-14,16-17H2,1-2H3,(H2,23,24,25);1H. The lowest BCUT2D eigenvalue weighted by Gasteiger charge is -2.30. The molecule has 2 aromatic rings. The lowest BCUT2D eigenvalue weighted by Crippen LogP contribution is -2.38. The van der Waals surface area contributed by atoms with Gasteiger partial charge in [-0.05, 0) is 55.1 Å². The van der Waals surface area contributed by atoms with Gasteiger partial charge in [-0.2, -0.15) is 0 Å². The molecule has 1 fully saturated rings. The number of benzene rings is 1. The van der Waals surface area contributed by atoms with Gasteiger partial charge in [-0.3, -0.25) is 9.89 Å². The zero-order valence-corrected chi connectivity index (χ0v) is 19.3. The summed E-state index contributed by atoms with van der Waals surface area (Å²) in [7, 11) is 1.81. The van der Waals surface area contributed by atoms with Crippen molar-refractivity contribution >= 4 is 29.9 Å². The van der Waals surface area contributed by atoms with Crippen molar-refractivity contribution in [2.45, 2.75) is 39.3 Å². The van der Waals surface area contributed by atoms with Crippen LogP contribution in [0.25, 0.3) is 0 Å². The summed E-state index contributed by atoms with van der Waals surface area (Å²) in [5, 5.41) is 6.79. The highest BCUT2D eigenvalue weighted by molar-refractivity contribution is 14.0. The molecule has 28 heavy (non-hydrogen) atoms. The molecule has 0 radical (unpaired) electrons. The van der Waals surface area contributed by atoms with E-state index in [1.165, 1.54) is 37.1 Å². The molecule has 1 aromatic carbocycles. The van der Waals surface area contributed by atoms with Gasteiger partial charge in [0.25, 0.3) is 0 Å². The molecule has 2 heterocycles. The van der Waals surface area contributed by atoms with Crippen molar-refractivity contribution in [3.63, 3.8) is 0 Å². The lowest BCUT2D eigenvalue weighted by atomic mass is 9.98. The quantitative estimate of drug-likeness (QED) is 0.345. The Labute approximate surface area is 186 Å². The summed E-state index contributed by atoms with van der Waals surface area (Å²) in [6.07, 6.45) is 5.18. The third kappa shape index (κ3) is 7.13. The van der Waals surface area contributed by atoms with E-state index < -0.39 is 0 Å². The number of furan rings is 1. The van der Waals surface area contributed by atoms with E-state index in [1.54, 1.807) is 6.26 Å². The van der Waals surface area contributed by atoms with E-state index in [9.17, 15) is 0 Å². The summed E-state index contributed by atoms with van der Waals surface area (Å²) >= 11 is 0. The summed E-state index contributed by atoms with van der Waals surface area (Å²) in [6.45, 7) is 7.38. The highest BCUT2D eigenvalue weighted by Gasteiger charge is 2.16. The van der Waals surface area contributed by atoms with Crippen LogP contribution in [-0.4, -0.2) is 37.5 Å². The molecule has 5 nitrogen and oxygen atoms in total. The van der Waals surface area contributed by atoms with Gasteiger partial charge in [0.15, 0.2) is 5.96 Å². The van der Waals surface area contributed by atoms with Gasteiger partial charge in [0.2, 0.25) is 0 Å². The van der Waals surface area contributed by atoms with Crippen LogP contribution < -0.4 is 10.6 Å². The Morgan fingerprint density at radius 2 is 1.86 bits per heavy atom. The number of nitrogens with zero attached hydrogens (tertiary/aromatic N) is 2. The van der Waals surface area contributed by atoms with Gasteiger partial charge in [0.05, 0.1) is 6.26 Å². The molecule has 0 saturated carbocycles. The molecule has 1 saturated heterocycles. The van der Waals surface area contributed by atoms with E-state index in [4.69, 9.17) is 4.42 Å². The first-order valence-electron chi connectivity index (χ1n) is 10.0. The maximum Gasteiger partial charge on any atom is 0.191 e. The number of guanidine groups is 1. The second-order valence-corrected chi connectivity index (χ2v) is 7.41. The van der Waals surface area contributed by atoms with E-state index in [0.29, 0.717) is 0 Å². The molecular formula is C22H33IN4O. The second kappa shape index (κ2) is 12.1. The molecule has 0 spiro atoms. The summed E-state index contributed by atoms with van der Waals surface area (Å²) in [4.78, 5) is 6.91. The van der Waals surface area contributed by atoms with Crippen LogP contribution in [0.4, 0.5) is 0 Å². The SMILES string of the molecule is CN=C(NCCc1ccco1)NCc1ccccc1CN1CCC(C)CC1.I. The van der Waals surface area contributed by atoms with Gasteiger partial charge in [0.1, 0.15) is 5.76 Å². The predicted molar refractivity (Wildman–Crippen MR) is 126 cm³/mol. The third-order valence-electron chi connectivity index (χ3n) is 5.30. The van der Waals surface area contributed by atoms with Crippen molar-refractivity contribution in [2.24, 2.45) is 10.9 Å². The first kappa shape index (κ1) is 22.7. The van der Waals surface area contributed by atoms with Crippen molar-refractivity contribution in [1.29, 1.82) is 0 Å². The molecule has 2 N–H and O–H groups in total. The predicted octanol–water partition coefficient (Wildman–Crippen LogP) is 4.04. The van der Waals surface area contributed by atoms with Crippen LogP contribution in [0.2, 0.25) is 0 Å². The van der Waals surface area contributed by atoms with E-state index >= 15 is 0 Å². The molecule has 1 aliphatic heterocycles. The average molecular weight is 496 g/mol. The average Bonchev–Trinajstić information content (AvgIpc) is 3.21. The third-order valence-corrected chi connectivity index (χ3v) is 5.30. The zero-order chi connectivity index (χ0) is 18.9. The number of hydrogen-bond donors (Lipinski definition) is 2. The topological polar surface area (TPSA) is 52.8 Å². The van der Waals surface area contributed by atoms with Gasteiger partial charge >= 0.3 is 0 Å². The number of aliphatic imine (C=N–C) groups is 1. The van der Waals surface area contributed by atoms with Gasteiger partial charge < -0.3 is 15.1 Å². The van der Waals surface area contributed by atoms with Crippen LogP contribution in [-0.2, 0) is 19.5 Å². The fourth-order valence-electron chi connectivity index (χ4n) is 3.50. The Morgan fingerprint density at radius 3 is 2.54 bits per heavy atom. The monoisotopic (exact) mass is 496 g/mol. The Kier molecular flexibility index (Phi) is 9.84. The molecule has 0 atom stereocenters. The second-order valence-electron chi connectivity index (χ2n) is 7.41. The summed E-state index contributed by atoms with van der Waals surface area (Å²) in [5.41, 5.74) is 2.75.